The highest BCUT2D eigenvalue weighted by Crippen LogP contribution is 2.30. The average molecular weight is 416 g/mol. The zero-order chi connectivity index (χ0) is 21.1. The lowest BCUT2D eigenvalue weighted by Crippen LogP contribution is -2.52. The van der Waals surface area contributed by atoms with E-state index in [0.717, 1.165) is 63.3 Å². The van der Waals surface area contributed by atoms with Crippen molar-refractivity contribution in [3.05, 3.63) is 24.3 Å². The lowest BCUT2D eigenvalue weighted by Gasteiger charge is -2.39. The predicted molar refractivity (Wildman–Crippen MR) is 115 cm³/mol. The van der Waals surface area contributed by atoms with Gasteiger partial charge in [-0.05, 0) is 63.8 Å². The van der Waals surface area contributed by atoms with Crippen molar-refractivity contribution in [1.29, 1.82) is 0 Å². The van der Waals surface area contributed by atoms with Gasteiger partial charge in [-0.25, -0.2) is 4.79 Å². The molecule has 30 heavy (non-hydrogen) atoms. The summed E-state index contributed by atoms with van der Waals surface area (Å²) in [6.45, 7) is 9.12. The fourth-order valence-corrected chi connectivity index (χ4v) is 4.67. The molecular weight excluding hydrogens is 382 g/mol. The highest BCUT2D eigenvalue weighted by Gasteiger charge is 2.32. The number of cyclic esters (lactones) is 1. The van der Waals surface area contributed by atoms with Gasteiger partial charge in [0.15, 0.2) is 0 Å². The molecule has 1 aromatic carbocycles. The molecule has 0 unspecified atom stereocenters. The van der Waals surface area contributed by atoms with Gasteiger partial charge in [-0.3, -0.25) is 14.6 Å². The number of carbonyl (C=O) groups excluding carboxylic acids is 2. The third-order valence-corrected chi connectivity index (χ3v) is 6.59. The maximum atomic E-state index is 12.9. The van der Waals surface area contributed by atoms with Gasteiger partial charge in [-0.15, -0.1) is 0 Å². The average Bonchev–Trinajstić information content (AvgIpc) is 3.20. The maximum Gasteiger partial charge on any atom is 0.414 e. The molecule has 0 N–H and O–H groups in total. The van der Waals surface area contributed by atoms with Crippen LogP contribution in [0.2, 0.25) is 0 Å². The van der Waals surface area contributed by atoms with Crippen LogP contribution in [0, 0.1) is 5.92 Å². The third kappa shape index (κ3) is 4.72. The molecule has 4 rings (SSSR count). The zero-order valence-corrected chi connectivity index (χ0v) is 18.1. The molecule has 3 aliphatic rings. The molecule has 7 nitrogen and oxygen atoms in total. The van der Waals surface area contributed by atoms with Crippen molar-refractivity contribution in [2.75, 3.05) is 44.2 Å². The second-order valence-electron chi connectivity index (χ2n) is 8.81. The normalized spacial score (nSPS) is 25.5. The predicted octanol–water partition coefficient (Wildman–Crippen LogP) is 3.13. The Hall–Kier alpha value is -2.28. The Morgan fingerprint density at radius 2 is 1.67 bits per heavy atom. The van der Waals surface area contributed by atoms with Crippen LogP contribution in [0.1, 0.15) is 39.5 Å². The Balaban J connectivity index is 1.23. The van der Waals surface area contributed by atoms with E-state index in [2.05, 4.69) is 23.6 Å². The van der Waals surface area contributed by atoms with Crippen molar-refractivity contribution in [3.8, 4) is 5.75 Å². The van der Waals surface area contributed by atoms with Crippen LogP contribution in [-0.4, -0.2) is 73.3 Å². The van der Waals surface area contributed by atoms with E-state index in [0.29, 0.717) is 25.1 Å². The van der Waals surface area contributed by atoms with Crippen LogP contribution < -0.4 is 9.64 Å². The summed E-state index contributed by atoms with van der Waals surface area (Å²) in [6.07, 6.45) is 3.45. The van der Waals surface area contributed by atoms with Crippen LogP contribution in [0.4, 0.5) is 10.5 Å². The fraction of sp³-hybridized carbons (Fsp3) is 0.652. The van der Waals surface area contributed by atoms with Crippen LogP contribution in [0.5, 0.6) is 5.75 Å². The molecule has 0 bridgehead atoms. The van der Waals surface area contributed by atoms with E-state index in [1.54, 1.807) is 4.90 Å². The SMILES string of the molecule is CC(C)N1CCN(C(=O)[C@H]2CC[C@H](Oc3ccc(N4CCOC4=O)cc3)CC2)CC1. The summed E-state index contributed by atoms with van der Waals surface area (Å²) >= 11 is 0. The first-order chi connectivity index (χ1) is 14.5. The molecule has 2 aliphatic heterocycles. The standard InChI is InChI=1S/C23H33N3O4/c1-17(2)24-11-13-25(14-12-24)22(27)18-3-7-20(8-4-18)30-21-9-5-19(6-10-21)26-15-16-29-23(26)28/h5-6,9-10,17-18,20H,3-4,7-8,11-16H2,1-2H3/t18-,20-. The molecule has 0 spiro atoms. The number of hydrogen-bond donors (Lipinski definition) is 0. The number of amides is 2. The maximum absolute atomic E-state index is 12.9. The van der Waals surface area contributed by atoms with Crippen molar-refractivity contribution in [3.63, 3.8) is 0 Å². The molecule has 1 saturated carbocycles. The first-order valence-electron chi connectivity index (χ1n) is 11.2. The number of piperazine rings is 1. The highest BCUT2D eigenvalue weighted by molar-refractivity contribution is 5.89. The summed E-state index contributed by atoms with van der Waals surface area (Å²) in [5, 5.41) is 0. The van der Waals surface area contributed by atoms with Gasteiger partial charge in [0.1, 0.15) is 12.4 Å². The van der Waals surface area contributed by atoms with Gasteiger partial charge in [0.05, 0.1) is 12.6 Å². The largest absolute Gasteiger partial charge is 0.490 e. The molecule has 2 saturated heterocycles. The van der Waals surface area contributed by atoms with Crippen molar-refractivity contribution in [1.82, 2.24) is 9.80 Å². The summed E-state index contributed by atoms with van der Waals surface area (Å²) in [5.74, 6) is 1.28. The first-order valence-corrected chi connectivity index (χ1v) is 11.2. The quantitative estimate of drug-likeness (QED) is 0.739. The highest BCUT2D eigenvalue weighted by atomic mass is 16.6. The number of carbonyl (C=O) groups is 2. The van der Waals surface area contributed by atoms with Gasteiger partial charge in [-0.1, -0.05) is 0 Å². The van der Waals surface area contributed by atoms with Crippen molar-refractivity contribution in [2.45, 2.75) is 51.7 Å². The van der Waals surface area contributed by atoms with Crippen LogP contribution in [0.3, 0.4) is 0 Å². The molecule has 164 valence electrons. The van der Waals surface area contributed by atoms with Crippen LogP contribution in [0.15, 0.2) is 24.3 Å². The fourth-order valence-electron chi connectivity index (χ4n) is 4.67. The van der Waals surface area contributed by atoms with Gasteiger partial charge in [0.25, 0.3) is 0 Å². The molecule has 3 fully saturated rings. The van der Waals surface area contributed by atoms with Crippen LogP contribution >= 0.6 is 0 Å². The summed E-state index contributed by atoms with van der Waals surface area (Å²) in [5.41, 5.74) is 0.830. The van der Waals surface area contributed by atoms with Crippen molar-refractivity contribution >= 4 is 17.7 Å². The second kappa shape index (κ2) is 9.25. The summed E-state index contributed by atoms with van der Waals surface area (Å²) in [7, 11) is 0. The molecule has 0 radical (unpaired) electrons. The molecule has 1 aliphatic carbocycles. The van der Waals surface area contributed by atoms with E-state index in [1.165, 1.54) is 0 Å². The smallest absolute Gasteiger partial charge is 0.414 e. The number of rotatable bonds is 5. The van der Waals surface area contributed by atoms with Crippen LogP contribution in [0.25, 0.3) is 0 Å². The van der Waals surface area contributed by atoms with Gasteiger partial charge in [0.2, 0.25) is 5.91 Å². The van der Waals surface area contributed by atoms with Gasteiger partial charge < -0.3 is 14.4 Å². The van der Waals surface area contributed by atoms with E-state index in [4.69, 9.17) is 9.47 Å². The Morgan fingerprint density at radius 1 is 1.00 bits per heavy atom. The number of nitrogens with zero attached hydrogens (tertiary/aromatic N) is 3. The lowest BCUT2D eigenvalue weighted by molar-refractivity contribution is -0.139. The van der Waals surface area contributed by atoms with E-state index in [9.17, 15) is 9.59 Å². The van der Waals surface area contributed by atoms with E-state index in [-0.39, 0.29) is 18.1 Å². The number of hydrogen-bond acceptors (Lipinski definition) is 5. The molecule has 1 aromatic rings. The first kappa shape index (κ1) is 21.0. The zero-order valence-electron chi connectivity index (χ0n) is 18.1. The van der Waals surface area contributed by atoms with Crippen molar-refractivity contribution < 1.29 is 19.1 Å². The minimum absolute atomic E-state index is 0.138. The second-order valence-corrected chi connectivity index (χ2v) is 8.81. The molecular formula is C23H33N3O4. The van der Waals surface area contributed by atoms with E-state index < -0.39 is 0 Å². The van der Waals surface area contributed by atoms with Crippen LogP contribution in [-0.2, 0) is 9.53 Å². The van der Waals surface area contributed by atoms with Gasteiger partial charge >= 0.3 is 6.09 Å². The number of ether oxygens (including phenoxy) is 2. The molecule has 7 heteroatoms. The monoisotopic (exact) mass is 415 g/mol. The molecule has 0 atom stereocenters. The Morgan fingerprint density at radius 3 is 2.23 bits per heavy atom. The number of anilines is 1. The third-order valence-electron chi connectivity index (χ3n) is 6.59. The van der Waals surface area contributed by atoms with Gasteiger partial charge in [-0.2, -0.15) is 0 Å². The molecule has 2 amide bonds. The Bertz CT molecular complexity index is 735. The molecule has 0 aromatic heterocycles. The molecule has 2 heterocycles. The van der Waals surface area contributed by atoms with E-state index in [1.807, 2.05) is 24.3 Å². The van der Waals surface area contributed by atoms with Crippen molar-refractivity contribution in [2.24, 2.45) is 5.92 Å². The minimum Gasteiger partial charge on any atom is -0.490 e. The topological polar surface area (TPSA) is 62.3 Å². The number of benzene rings is 1. The lowest BCUT2D eigenvalue weighted by atomic mass is 9.86. The van der Waals surface area contributed by atoms with E-state index >= 15 is 0 Å². The summed E-state index contributed by atoms with van der Waals surface area (Å²) < 4.78 is 11.1. The summed E-state index contributed by atoms with van der Waals surface area (Å²) in [6, 6.07) is 8.16. The van der Waals surface area contributed by atoms with Gasteiger partial charge in [0, 0.05) is 43.8 Å². The Kier molecular flexibility index (Phi) is 6.46. The Labute approximate surface area is 178 Å². The summed E-state index contributed by atoms with van der Waals surface area (Å²) in [4.78, 5) is 30.7. The minimum atomic E-state index is -0.294.